The van der Waals surface area contributed by atoms with Gasteiger partial charge >= 0.3 is 5.97 Å². The molecule has 0 bridgehead atoms. The second-order valence-corrected chi connectivity index (χ2v) is 10.7. The number of nitrogens with zero attached hydrogens (tertiary/aromatic N) is 2. The Balaban J connectivity index is 1.42. The van der Waals surface area contributed by atoms with Crippen LogP contribution >= 0.6 is 0 Å². The lowest BCUT2D eigenvalue weighted by atomic mass is 9.65. The van der Waals surface area contributed by atoms with E-state index in [1.165, 1.54) is 24.5 Å². The van der Waals surface area contributed by atoms with Gasteiger partial charge in [0.05, 0.1) is 5.69 Å². The number of rotatable bonds is 11. The summed E-state index contributed by atoms with van der Waals surface area (Å²) in [4.78, 5) is 19.8. The quantitative estimate of drug-likeness (QED) is 0.367. The molecule has 0 saturated heterocycles. The average molecular weight is 495 g/mol. The molecule has 194 valence electrons. The van der Waals surface area contributed by atoms with Crippen LogP contribution in [0.3, 0.4) is 0 Å². The Hall–Kier alpha value is -2.57. The van der Waals surface area contributed by atoms with Gasteiger partial charge in [-0.05, 0) is 80.1 Å². The van der Waals surface area contributed by atoms with Gasteiger partial charge in [0.25, 0.3) is 0 Å². The van der Waals surface area contributed by atoms with E-state index in [2.05, 4.69) is 44.0 Å². The molecular formula is C30H39FN2O3. The predicted octanol–water partition coefficient (Wildman–Crippen LogP) is 5.87. The molecule has 0 fully saturated rings. The first-order chi connectivity index (χ1) is 17.3. The third-order valence-corrected chi connectivity index (χ3v) is 7.66. The molecule has 0 unspecified atom stereocenters. The number of carbonyl (C=O) groups excluding carboxylic acids is 1. The van der Waals surface area contributed by atoms with Crippen molar-refractivity contribution in [2.24, 2.45) is 10.9 Å². The van der Waals surface area contributed by atoms with Crippen LogP contribution in [0, 0.1) is 11.7 Å². The fraction of sp³-hybridized carbons (Fsp3) is 0.533. The average Bonchev–Trinajstić information content (AvgIpc) is 3.25. The van der Waals surface area contributed by atoms with Crippen molar-refractivity contribution in [1.29, 1.82) is 0 Å². The van der Waals surface area contributed by atoms with Gasteiger partial charge in [0, 0.05) is 38.1 Å². The number of fused-ring (bicyclic) bond motifs is 2. The fourth-order valence-electron chi connectivity index (χ4n) is 6.05. The summed E-state index contributed by atoms with van der Waals surface area (Å²) >= 11 is 0. The Bertz CT molecular complexity index is 1100. The third kappa shape index (κ3) is 6.04. The number of para-hydroxylation sites is 1. The van der Waals surface area contributed by atoms with Crippen molar-refractivity contribution in [3.8, 4) is 0 Å². The van der Waals surface area contributed by atoms with E-state index in [4.69, 9.17) is 14.5 Å². The molecule has 0 saturated carbocycles. The van der Waals surface area contributed by atoms with Crippen LogP contribution in [0.25, 0.3) is 0 Å². The minimum atomic E-state index is -0.639. The van der Waals surface area contributed by atoms with Crippen LogP contribution in [-0.4, -0.2) is 56.0 Å². The first-order valence-corrected chi connectivity index (χ1v) is 13.1. The highest BCUT2D eigenvalue weighted by atomic mass is 19.1. The molecule has 2 aromatic rings. The number of ether oxygens (including phenoxy) is 2. The molecule has 5 nitrogen and oxygen atoms in total. The van der Waals surface area contributed by atoms with Gasteiger partial charge in [0.15, 0.2) is 0 Å². The van der Waals surface area contributed by atoms with E-state index in [1.807, 2.05) is 12.1 Å². The highest BCUT2D eigenvalue weighted by Gasteiger charge is 2.47. The van der Waals surface area contributed by atoms with Crippen molar-refractivity contribution in [3.05, 3.63) is 65.0 Å². The molecule has 2 aliphatic rings. The van der Waals surface area contributed by atoms with E-state index in [-0.39, 0.29) is 30.2 Å². The Kier molecular flexibility index (Phi) is 8.58. The van der Waals surface area contributed by atoms with Gasteiger partial charge in [-0.2, -0.15) is 0 Å². The fourth-order valence-corrected chi connectivity index (χ4v) is 6.05. The first-order valence-electron chi connectivity index (χ1n) is 13.1. The topological polar surface area (TPSA) is 51.1 Å². The summed E-state index contributed by atoms with van der Waals surface area (Å²) in [5.41, 5.74) is 5.17. The second kappa shape index (κ2) is 11.7. The summed E-state index contributed by atoms with van der Waals surface area (Å²) in [5, 5.41) is 0. The Labute approximate surface area is 214 Å². The number of aliphatic imine (C=N–C) groups is 1. The van der Waals surface area contributed by atoms with Crippen molar-refractivity contribution in [1.82, 2.24) is 4.90 Å². The van der Waals surface area contributed by atoms with E-state index >= 15 is 0 Å². The van der Waals surface area contributed by atoms with Crippen molar-refractivity contribution in [3.63, 3.8) is 0 Å². The van der Waals surface area contributed by atoms with Crippen LogP contribution in [0.1, 0.15) is 62.1 Å². The number of carbonyl (C=O) groups is 1. The standard InChI is InChI=1S/C30H39FN2O3/c1-21(2)29-26-12-11-24(31)18-22(26)13-14-30(29,36-28(34)20-35-4)15-17-33(3)16-7-9-25-19-23-8-5-6-10-27(23)32-25/h5-6,8,10-12,18,21,29H,7,9,13-17,19-20H2,1-4H3/t29-,30-/m0/s1. The Morgan fingerprint density at radius 1 is 1.19 bits per heavy atom. The van der Waals surface area contributed by atoms with Gasteiger partial charge in [0.2, 0.25) is 0 Å². The van der Waals surface area contributed by atoms with Crippen LogP contribution in [-0.2, 0) is 27.1 Å². The molecule has 0 spiro atoms. The third-order valence-electron chi connectivity index (χ3n) is 7.66. The van der Waals surface area contributed by atoms with Crippen LogP contribution in [0.4, 0.5) is 10.1 Å². The van der Waals surface area contributed by atoms with Gasteiger partial charge < -0.3 is 14.4 Å². The predicted molar refractivity (Wildman–Crippen MR) is 142 cm³/mol. The monoisotopic (exact) mass is 494 g/mol. The number of methoxy groups -OCH3 is 1. The maximum atomic E-state index is 14.0. The van der Waals surface area contributed by atoms with Crippen molar-refractivity contribution in [2.45, 2.75) is 63.9 Å². The van der Waals surface area contributed by atoms with Gasteiger partial charge in [-0.1, -0.05) is 38.1 Å². The smallest absolute Gasteiger partial charge is 0.332 e. The maximum Gasteiger partial charge on any atom is 0.332 e. The summed E-state index contributed by atoms with van der Waals surface area (Å²) in [6.07, 6.45) is 5.08. The molecule has 6 heteroatoms. The normalized spacial score (nSPS) is 20.9. The second-order valence-electron chi connectivity index (χ2n) is 10.7. The van der Waals surface area contributed by atoms with Crippen LogP contribution < -0.4 is 0 Å². The summed E-state index contributed by atoms with van der Waals surface area (Å²) in [5.74, 6) is -0.315. The van der Waals surface area contributed by atoms with Crippen molar-refractivity contribution < 1.29 is 18.7 Å². The lowest BCUT2D eigenvalue weighted by Gasteiger charge is -2.47. The Morgan fingerprint density at radius 2 is 2.00 bits per heavy atom. The summed E-state index contributed by atoms with van der Waals surface area (Å²) in [7, 11) is 3.64. The molecule has 1 aliphatic carbocycles. The van der Waals surface area contributed by atoms with E-state index in [0.717, 1.165) is 55.6 Å². The van der Waals surface area contributed by atoms with E-state index < -0.39 is 5.60 Å². The molecule has 1 aliphatic heterocycles. The van der Waals surface area contributed by atoms with Gasteiger partial charge in [0.1, 0.15) is 18.0 Å². The zero-order valence-corrected chi connectivity index (χ0v) is 22.1. The molecule has 2 aromatic carbocycles. The lowest BCUT2D eigenvalue weighted by molar-refractivity contribution is -0.172. The molecule has 36 heavy (non-hydrogen) atoms. The molecule has 0 aromatic heterocycles. The molecule has 2 atom stereocenters. The number of benzene rings is 2. The molecule has 0 N–H and O–H groups in total. The zero-order chi connectivity index (χ0) is 25.7. The molecule has 0 amide bonds. The van der Waals surface area contributed by atoms with E-state index in [9.17, 15) is 9.18 Å². The van der Waals surface area contributed by atoms with Crippen LogP contribution in [0.5, 0.6) is 0 Å². The maximum absolute atomic E-state index is 14.0. The number of aryl methyl sites for hydroxylation is 1. The van der Waals surface area contributed by atoms with Gasteiger partial charge in [-0.3, -0.25) is 4.99 Å². The molecular weight excluding hydrogens is 455 g/mol. The summed E-state index contributed by atoms with van der Waals surface area (Å²) < 4.78 is 25.3. The zero-order valence-electron chi connectivity index (χ0n) is 22.1. The summed E-state index contributed by atoms with van der Waals surface area (Å²) in [6.45, 7) is 6.01. The highest BCUT2D eigenvalue weighted by Crippen LogP contribution is 2.48. The van der Waals surface area contributed by atoms with Gasteiger partial charge in [-0.15, -0.1) is 0 Å². The number of halogens is 1. The first kappa shape index (κ1) is 26.5. The SMILES string of the molecule is COCC(=O)O[C@]1(CCN(C)CCCC2=Nc3ccccc3C2)CCc2cc(F)ccc2[C@@H]1C(C)C. The minimum Gasteiger partial charge on any atom is -0.457 e. The van der Waals surface area contributed by atoms with Crippen LogP contribution in [0.15, 0.2) is 47.5 Å². The Morgan fingerprint density at radius 3 is 2.75 bits per heavy atom. The number of hydrogen-bond donors (Lipinski definition) is 0. The molecule has 4 rings (SSSR count). The number of esters is 1. The van der Waals surface area contributed by atoms with E-state index in [1.54, 1.807) is 6.07 Å². The molecule has 0 radical (unpaired) electrons. The van der Waals surface area contributed by atoms with Crippen LogP contribution in [0.2, 0.25) is 0 Å². The number of hydrogen-bond acceptors (Lipinski definition) is 5. The van der Waals surface area contributed by atoms with E-state index in [0.29, 0.717) is 12.8 Å². The largest absolute Gasteiger partial charge is 0.457 e. The molecule has 1 heterocycles. The van der Waals surface area contributed by atoms with Crippen molar-refractivity contribution >= 4 is 17.4 Å². The highest BCUT2D eigenvalue weighted by molar-refractivity contribution is 5.93. The minimum absolute atomic E-state index is 0.00223. The van der Waals surface area contributed by atoms with Crippen molar-refractivity contribution in [2.75, 3.05) is 33.9 Å². The lowest BCUT2D eigenvalue weighted by Crippen LogP contribution is -2.49. The van der Waals surface area contributed by atoms with Gasteiger partial charge in [-0.25, -0.2) is 9.18 Å². The summed E-state index contributed by atoms with van der Waals surface area (Å²) in [6, 6.07) is 13.4.